The molecule has 0 spiro atoms. The third-order valence-electron chi connectivity index (χ3n) is 4.58. The normalized spacial score (nSPS) is 14.6. The number of fused-ring (bicyclic) bond motifs is 2. The molecule has 0 aliphatic carbocycles. The Morgan fingerprint density at radius 3 is 2.62 bits per heavy atom. The van der Waals surface area contributed by atoms with Gasteiger partial charge in [-0.25, -0.2) is 4.79 Å². The minimum absolute atomic E-state index is 0.0422. The topological polar surface area (TPSA) is 66.8 Å². The molecular weight excluding hydrogens is 304 g/mol. The van der Waals surface area contributed by atoms with Crippen molar-refractivity contribution in [1.29, 1.82) is 0 Å². The second-order valence-corrected chi connectivity index (χ2v) is 6.79. The van der Waals surface area contributed by atoms with Crippen molar-refractivity contribution in [1.82, 2.24) is 0 Å². The predicted molar refractivity (Wildman–Crippen MR) is 93.4 cm³/mol. The van der Waals surface area contributed by atoms with Gasteiger partial charge in [-0.15, -0.1) is 6.58 Å². The average Bonchev–Trinajstić information content (AvgIpc) is 2.66. The Labute approximate surface area is 140 Å². The summed E-state index contributed by atoms with van der Waals surface area (Å²) >= 11 is 0. The zero-order valence-electron chi connectivity index (χ0n) is 14.0. The standard InChI is InChI=1S/C20H20O4/c1-5-20(3,4)14-7-6-12-9-13-8-11(2)10-24-19(23)16(13)18(22)15(12)17(14)21/h5-7,9-10,21-22H,1,8H2,2-4H3. The Kier molecular flexibility index (Phi) is 3.63. The van der Waals surface area contributed by atoms with Crippen molar-refractivity contribution >= 4 is 16.7 Å². The van der Waals surface area contributed by atoms with Crippen molar-refractivity contribution < 1.29 is 19.7 Å². The summed E-state index contributed by atoms with van der Waals surface area (Å²) < 4.78 is 5.07. The molecule has 0 atom stereocenters. The summed E-state index contributed by atoms with van der Waals surface area (Å²) in [4.78, 5) is 12.2. The number of carbonyl (C=O) groups excluding carboxylic acids is 1. The summed E-state index contributed by atoms with van der Waals surface area (Å²) in [5.41, 5.74) is 1.84. The molecule has 1 aliphatic rings. The first-order chi connectivity index (χ1) is 11.3. The molecule has 0 fully saturated rings. The zero-order chi connectivity index (χ0) is 17.6. The average molecular weight is 324 g/mol. The number of cyclic esters (lactones) is 1. The lowest BCUT2D eigenvalue weighted by Crippen LogP contribution is -2.13. The van der Waals surface area contributed by atoms with Gasteiger partial charge in [0.2, 0.25) is 0 Å². The first kappa shape index (κ1) is 16.1. The van der Waals surface area contributed by atoms with E-state index < -0.39 is 11.4 Å². The van der Waals surface area contributed by atoms with Crippen LogP contribution in [0.25, 0.3) is 10.8 Å². The van der Waals surface area contributed by atoms with Gasteiger partial charge in [-0.05, 0) is 35.9 Å². The maximum absolute atomic E-state index is 12.2. The van der Waals surface area contributed by atoms with Gasteiger partial charge in [0.05, 0.1) is 11.6 Å². The van der Waals surface area contributed by atoms with Crippen LogP contribution in [0, 0.1) is 0 Å². The molecule has 2 aromatic carbocycles. The monoisotopic (exact) mass is 324 g/mol. The summed E-state index contributed by atoms with van der Waals surface area (Å²) in [5.74, 6) is -0.900. The Morgan fingerprint density at radius 2 is 1.96 bits per heavy atom. The van der Waals surface area contributed by atoms with Crippen LogP contribution in [0.2, 0.25) is 0 Å². The number of benzene rings is 2. The lowest BCUT2D eigenvalue weighted by atomic mass is 9.82. The van der Waals surface area contributed by atoms with Gasteiger partial charge in [0.1, 0.15) is 17.1 Å². The Balaban J connectivity index is 2.36. The summed E-state index contributed by atoms with van der Waals surface area (Å²) in [7, 11) is 0. The van der Waals surface area contributed by atoms with Crippen molar-refractivity contribution in [3.8, 4) is 11.5 Å². The lowest BCUT2D eigenvalue weighted by molar-refractivity contribution is 0.0660. The molecule has 3 rings (SSSR count). The molecule has 0 unspecified atom stereocenters. The lowest BCUT2D eigenvalue weighted by Gasteiger charge is -2.23. The number of ether oxygens (including phenoxy) is 1. The molecule has 1 aliphatic heterocycles. The molecule has 0 bridgehead atoms. The quantitative estimate of drug-likeness (QED) is 0.637. The van der Waals surface area contributed by atoms with E-state index in [1.54, 1.807) is 6.08 Å². The molecular formula is C20H20O4. The van der Waals surface area contributed by atoms with Crippen LogP contribution in [0.4, 0.5) is 0 Å². The summed E-state index contributed by atoms with van der Waals surface area (Å²) in [6.07, 6.45) is 3.64. The number of phenols is 2. The van der Waals surface area contributed by atoms with Gasteiger partial charge in [-0.3, -0.25) is 0 Å². The van der Waals surface area contributed by atoms with E-state index in [2.05, 4.69) is 6.58 Å². The summed E-state index contributed by atoms with van der Waals surface area (Å²) in [6, 6.07) is 5.48. The van der Waals surface area contributed by atoms with Crippen molar-refractivity contribution in [2.24, 2.45) is 0 Å². The zero-order valence-corrected chi connectivity index (χ0v) is 14.0. The number of esters is 1. The minimum atomic E-state index is -0.617. The number of aromatic hydroxyl groups is 2. The number of hydrogen-bond donors (Lipinski definition) is 2. The molecule has 0 amide bonds. The van der Waals surface area contributed by atoms with Crippen LogP contribution in [-0.4, -0.2) is 16.2 Å². The molecule has 0 aromatic heterocycles. The van der Waals surface area contributed by atoms with E-state index in [1.165, 1.54) is 6.26 Å². The predicted octanol–water partition coefficient (Wildman–Crippen LogP) is 4.33. The van der Waals surface area contributed by atoms with Crippen LogP contribution in [0.1, 0.15) is 42.3 Å². The maximum atomic E-state index is 12.2. The van der Waals surface area contributed by atoms with Gasteiger partial charge in [0, 0.05) is 11.0 Å². The third kappa shape index (κ3) is 2.35. The summed E-state index contributed by atoms with van der Waals surface area (Å²) in [6.45, 7) is 9.50. The molecule has 124 valence electrons. The Hall–Kier alpha value is -2.75. The molecule has 2 aromatic rings. The highest BCUT2D eigenvalue weighted by atomic mass is 16.5. The Bertz CT molecular complexity index is 904. The molecule has 0 radical (unpaired) electrons. The van der Waals surface area contributed by atoms with Gasteiger partial charge in [0.15, 0.2) is 0 Å². The van der Waals surface area contributed by atoms with Gasteiger partial charge in [-0.1, -0.05) is 32.1 Å². The number of carbonyl (C=O) groups is 1. The number of rotatable bonds is 2. The second kappa shape index (κ2) is 5.41. The van der Waals surface area contributed by atoms with Crippen LogP contribution in [0.3, 0.4) is 0 Å². The van der Waals surface area contributed by atoms with E-state index in [4.69, 9.17) is 4.74 Å². The van der Waals surface area contributed by atoms with E-state index in [0.29, 0.717) is 22.9 Å². The van der Waals surface area contributed by atoms with Gasteiger partial charge in [0.25, 0.3) is 0 Å². The maximum Gasteiger partial charge on any atom is 0.347 e. The molecule has 4 heteroatoms. The molecule has 0 saturated carbocycles. The third-order valence-corrected chi connectivity index (χ3v) is 4.58. The fraction of sp³-hybridized carbons (Fsp3) is 0.250. The highest BCUT2D eigenvalue weighted by molar-refractivity contribution is 6.05. The van der Waals surface area contributed by atoms with Crippen molar-refractivity contribution in [2.75, 3.05) is 0 Å². The highest BCUT2D eigenvalue weighted by Gasteiger charge is 2.27. The number of allylic oxidation sites excluding steroid dienone is 2. The van der Waals surface area contributed by atoms with Gasteiger partial charge < -0.3 is 14.9 Å². The molecule has 2 N–H and O–H groups in total. The minimum Gasteiger partial charge on any atom is -0.507 e. The SMILES string of the molecule is C=CC(C)(C)c1ccc2cc3c(c(O)c2c1O)C(=O)OC=C(C)C3. The fourth-order valence-electron chi connectivity index (χ4n) is 3.07. The number of phenolic OH excluding ortho intramolecular Hbond substituents is 2. The largest absolute Gasteiger partial charge is 0.507 e. The fourth-order valence-corrected chi connectivity index (χ4v) is 3.07. The summed E-state index contributed by atoms with van der Waals surface area (Å²) in [5, 5.41) is 22.4. The van der Waals surface area contributed by atoms with Crippen molar-refractivity contribution in [2.45, 2.75) is 32.6 Å². The molecule has 0 saturated heterocycles. The van der Waals surface area contributed by atoms with Crippen LogP contribution in [-0.2, 0) is 16.6 Å². The van der Waals surface area contributed by atoms with Crippen LogP contribution < -0.4 is 0 Å². The van der Waals surface area contributed by atoms with E-state index >= 15 is 0 Å². The van der Waals surface area contributed by atoms with Crippen LogP contribution in [0.15, 0.2) is 42.7 Å². The van der Waals surface area contributed by atoms with Gasteiger partial charge >= 0.3 is 5.97 Å². The first-order valence-corrected chi connectivity index (χ1v) is 7.77. The first-order valence-electron chi connectivity index (χ1n) is 7.77. The van der Waals surface area contributed by atoms with E-state index in [9.17, 15) is 15.0 Å². The highest BCUT2D eigenvalue weighted by Crippen LogP contribution is 2.44. The second-order valence-electron chi connectivity index (χ2n) is 6.79. The van der Waals surface area contributed by atoms with E-state index in [1.807, 2.05) is 39.0 Å². The molecule has 4 nitrogen and oxygen atoms in total. The van der Waals surface area contributed by atoms with E-state index in [0.717, 1.165) is 5.57 Å². The van der Waals surface area contributed by atoms with Crippen molar-refractivity contribution in [3.63, 3.8) is 0 Å². The van der Waals surface area contributed by atoms with Crippen LogP contribution in [0.5, 0.6) is 11.5 Å². The van der Waals surface area contributed by atoms with Gasteiger partial charge in [-0.2, -0.15) is 0 Å². The molecule has 1 heterocycles. The van der Waals surface area contributed by atoms with E-state index in [-0.39, 0.29) is 22.4 Å². The van der Waals surface area contributed by atoms with Crippen LogP contribution >= 0.6 is 0 Å². The smallest absolute Gasteiger partial charge is 0.347 e. The number of hydrogen-bond acceptors (Lipinski definition) is 4. The Morgan fingerprint density at radius 1 is 1.25 bits per heavy atom. The van der Waals surface area contributed by atoms with Crippen molar-refractivity contribution in [3.05, 3.63) is 59.4 Å². The molecule has 24 heavy (non-hydrogen) atoms.